The predicted octanol–water partition coefficient (Wildman–Crippen LogP) is 2.78. The third-order valence-corrected chi connectivity index (χ3v) is 4.25. The number of aromatic hydroxyl groups is 1. The number of hydrogen-bond acceptors (Lipinski definition) is 4. The van der Waals surface area contributed by atoms with Crippen LogP contribution in [0.5, 0.6) is 5.75 Å². The van der Waals surface area contributed by atoms with Gasteiger partial charge in [0.05, 0.1) is 11.1 Å². The molecular formula is C16H13NO3S. The van der Waals surface area contributed by atoms with Crippen LogP contribution >= 0.6 is 11.8 Å². The summed E-state index contributed by atoms with van der Waals surface area (Å²) in [6.45, 7) is 0.354. The minimum atomic E-state index is -0.230. The van der Waals surface area contributed by atoms with Crippen molar-refractivity contribution in [2.45, 2.75) is 4.90 Å². The molecule has 0 radical (unpaired) electrons. The number of imide groups is 1. The number of carbonyl (C=O) groups is 2. The van der Waals surface area contributed by atoms with E-state index >= 15 is 0 Å². The van der Waals surface area contributed by atoms with Crippen molar-refractivity contribution in [3.8, 4) is 5.75 Å². The van der Waals surface area contributed by atoms with Crippen LogP contribution in [0.4, 0.5) is 0 Å². The van der Waals surface area contributed by atoms with Crippen LogP contribution in [0.25, 0.3) is 0 Å². The molecule has 1 aliphatic heterocycles. The maximum absolute atomic E-state index is 12.2. The van der Waals surface area contributed by atoms with Gasteiger partial charge in [-0.25, -0.2) is 0 Å². The summed E-state index contributed by atoms with van der Waals surface area (Å²) in [6.07, 6.45) is 0. The fraction of sp³-hybridized carbons (Fsp3) is 0.125. The Bertz CT molecular complexity index is 679. The monoisotopic (exact) mass is 299 g/mol. The average molecular weight is 299 g/mol. The first-order valence-electron chi connectivity index (χ1n) is 6.54. The normalized spacial score (nSPS) is 13.6. The van der Waals surface area contributed by atoms with Crippen molar-refractivity contribution in [1.29, 1.82) is 0 Å². The van der Waals surface area contributed by atoms with Crippen molar-refractivity contribution in [3.05, 3.63) is 59.7 Å². The highest BCUT2D eigenvalue weighted by atomic mass is 32.2. The van der Waals surface area contributed by atoms with Crippen LogP contribution in [0.1, 0.15) is 20.7 Å². The van der Waals surface area contributed by atoms with Gasteiger partial charge in [-0.2, -0.15) is 0 Å². The SMILES string of the molecule is O=C1c2ccccc2C(=O)N1CCSc1cccc(O)c1. The van der Waals surface area contributed by atoms with Crippen molar-refractivity contribution in [1.82, 2.24) is 4.90 Å². The van der Waals surface area contributed by atoms with Gasteiger partial charge >= 0.3 is 0 Å². The first kappa shape index (κ1) is 13.7. The summed E-state index contributed by atoms with van der Waals surface area (Å²) >= 11 is 1.50. The second-order valence-electron chi connectivity index (χ2n) is 4.65. The molecule has 1 heterocycles. The number of phenolic OH excluding ortho intramolecular Hbond substituents is 1. The largest absolute Gasteiger partial charge is 0.508 e. The van der Waals surface area contributed by atoms with Crippen molar-refractivity contribution in [3.63, 3.8) is 0 Å². The summed E-state index contributed by atoms with van der Waals surface area (Å²) in [5.74, 6) is 0.342. The van der Waals surface area contributed by atoms with Crippen LogP contribution in [0.2, 0.25) is 0 Å². The molecule has 0 saturated heterocycles. The van der Waals surface area contributed by atoms with Gasteiger partial charge in [-0.1, -0.05) is 18.2 Å². The molecule has 0 aliphatic carbocycles. The molecular weight excluding hydrogens is 286 g/mol. The van der Waals surface area contributed by atoms with E-state index in [1.54, 1.807) is 42.5 Å². The Labute approximate surface area is 126 Å². The Morgan fingerprint density at radius 3 is 2.24 bits per heavy atom. The smallest absolute Gasteiger partial charge is 0.261 e. The zero-order valence-corrected chi connectivity index (χ0v) is 12.0. The number of benzene rings is 2. The molecule has 0 saturated carbocycles. The van der Waals surface area contributed by atoms with Crippen LogP contribution < -0.4 is 0 Å². The van der Waals surface area contributed by atoms with Gasteiger partial charge in [0.15, 0.2) is 0 Å². The van der Waals surface area contributed by atoms with Crippen LogP contribution in [-0.4, -0.2) is 34.1 Å². The van der Waals surface area contributed by atoms with Crippen LogP contribution in [-0.2, 0) is 0 Å². The van der Waals surface area contributed by atoms with E-state index in [9.17, 15) is 14.7 Å². The van der Waals surface area contributed by atoms with E-state index in [2.05, 4.69) is 0 Å². The fourth-order valence-corrected chi connectivity index (χ4v) is 3.16. The second kappa shape index (κ2) is 5.61. The molecule has 0 atom stereocenters. The maximum Gasteiger partial charge on any atom is 0.261 e. The van der Waals surface area contributed by atoms with Crippen LogP contribution in [0.3, 0.4) is 0 Å². The van der Waals surface area contributed by atoms with Gasteiger partial charge in [0.25, 0.3) is 11.8 Å². The van der Waals surface area contributed by atoms with E-state index in [-0.39, 0.29) is 17.6 Å². The number of rotatable bonds is 4. The van der Waals surface area contributed by atoms with E-state index in [1.165, 1.54) is 16.7 Å². The van der Waals surface area contributed by atoms with E-state index in [0.717, 1.165) is 4.90 Å². The molecule has 0 fully saturated rings. The number of thioether (sulfide) groups is 1. The summed E-state index contributed by atoms with van der Waals surface area (Å²) in [5, 5.41) is 9.39. The van der Waals surface area contributed by atoms with Crippen molar-refractivity contribution in [2.24, 2.45) is 0 Å². The summed E-state index contributed by atoms with van der Waals surface area (Å²) in [4.78, 5) is 26.5. The Morgan fingerprint density at radius 1 is 0.952 bits per heavy atom. The standard InChI is InChI=1S/C16H13NO3S/c18-11-4-3-5-12(10-11)21-9-8-17-15(19)13-6-1-2-7-14(13)16(17)20/h1-7,10,18H,8-9H2. The molecule has 0 bridgehead atoms. The highest BCUT2D eigenvalue weighted by molar-refractivity contribution is 7.99. The zero-order valence-electron chi connectivity index (χ0n) is 11.2. The molecule has 21 heavy (non-hydrogen) atoms. The van der Waals surface area contributed by atoms with Crippen molar-refractivity contribution < 1.29 is 14.7 Å². The number of hydrogen-bond donors (Lipinski definition) is 1. The van der Waals surface area contributed by atoms with Crippen molar-refractivity contribution in [2.75, 3.05) is 12.3 Å². The lowest BCUT2D eigenvalue weighted by molar-refractivity contribution is 0.0664. The summed E-state index contributed by atoms with van der Waals surface area (Å²) in [7, 11) is 0. The number of fused-ring (bicyclic) bond motifs is 1. The Kier molecular flexibility index (Phi) is 3.66. The zero-order chi connectivity index (χ0) is 14.8. The molecule has 1 N–H and O–H groups in total. The Hall–Kier alpha value is -2.27. The van der Waals surface area contributed by atoms with Gasteiger partial charge in [0.1, 0.15) is 5.75 Å². The van der Waals surface area contributed by atoms with Gasteiger partial charge in [-0.15, -0.1) is 11.8 Å². The number of phenols is 1. The van der Waals surface area contributed by atoms with Crippen LogP contribution in [0, 0.1) is 0 Å². The number of nitrogens with zero attached hydrogens (tertiary/aromatic N) is 1. The van der Waals surface area contributed by atoms with Gasteiger partial charge in [-0.05, 0) is 30.3 Å². The molecule has 1 aliphatic rings. The average Bonchev–Trinajstić information content (AvgIpc) is 2.73. The molecule has 106 valence electrons. The summed E-state index contributed by atoms with van der Waals surface area (Å²) < 4.78 is 0. The minimum Gasteiger partial charge on any atom is -0.508 e. The number of carbonyl (C=O) groups excluding carboxylic acids is 2. The maximum atomic E-state index is 12.2. The first-order chi connectivity index (χ1) is 10.2. The second-order valence-corrected chi connectivity index (χ2v) is 5.82. The van der Waals surface area contributed by atoms with Crippen molar-refractivity contribution >= 4 is 23.6 Å². The third kappa shape index (κ3) is 2.64. The van der Waals surface area contributed by atoms with Crippen LogP contribution in [0.15, 0.2) is 53.4 Å². The quantitative estimate of drug-likeness (QED) is 0.696. The topological polar surface area (TPSA) is 57.6 Å². The molecule has 2 aromatic rings. The Morgan fingerprint density at radius 2 is 1.62 bits per heavy atom. The highest BCUT2D eigenvalue weighted by Crippen LogP contribution is 2.25. The Balaban J connectivity index is 1.65. The molecule has 2 amide bonds. The third-order valence-electron chi connectivity index (χ3n) is 3.28. The van der Waals surface area contributed by atoms with Gasteiger partial charge < -0.3 is 5.11 Å². The van der Waals surface area contributed by atoms with Gasteiger partial charge in [-0.3, -0.25) is 14.5 Å². The molecule has 4 nitrogen and oxygen atoms in total. The van der Waals surface area contributed by atoms with E-state index in [1.807, 2.05) is 6.07 Å². The van der Waals surface area contributed by atoms with E-state index < -0.39 is 0 Å². The van der Waals surface area contributed by atoms with E-state index in [0.29, 0.717) is 23.4 Å². The van der Waals surface area contributed by atoms with Gasteiger partial charge in [0.2, 0.25) is 0 Å². The summed E-state index contributed by atoms with van der Waals surface area (Å²) in [6, 6.07) is 13.8. The molecule has 2 aromatic carbocycles. The van der Waals surface area contributed by atoms with E-state index in [4.69, 9.17) is 0 Å². The molecule has 5 heteroatoms. The minimum absolute atomic E-state index is 0.209. The molecule has 0 spiro atoms. The molecule has 0 aromatic heterocycles. The molecule has 3 rings (SSSR count). The highest BCUT2D eigenvalue weighted by Gasteiger charge is 2.34. The predicted molar refractivity (Wildman–Crippen MR) is 80.6 cm³/mol. The first-order valence-corrected chi connectivity index (χ1v) is 7.52. The number of amides is 2. The molecule has 0 unspecified atom stereocenters. The lowest BCUT2D eigenvalue weighted by atomic mass is 10.1. The lowest BCUT2D eigenvalue weighted by Crippen LogP contribution is -2.31. The summed E-state index contributed by atoms with van der Waals surface area (Å²) in [5.41, 5.74) is 0.953. The fourth-order valence-electron chi connectivity index (χ4n) is 2.27. The van der Waals surface area contributed by atoms with Gasteiger partial charge in [0, 0.05) is 17.2 Å². The lowest BCUT2D eigenvalue weighted by Gasteiger charge is -2.13.